The maximum Gasteiger partial charge on any atom is 0.229 e. The largest absolute Gasteiger partial charge is 0.369 e. The van der Waals surface area contributed by atoms with E-state index in [1.165, 1.54) is 5.69 Å². The summed E-state index contributed by atoms with van der Waals surface area (Å²) in [7, 11) is 2.16. The zero-order valence-electron chi connectivity index (χ0n) is 17.3. The van der Waals surface area contributed by atoms with Gasteiger partial charge in [-0.3, -0.25) is 0 Å². The summed E-state index contributed by atoms with van der Waals surface area (Å²) in [6, 6.07) is 19.8. The number of anilines is 5. The first-order valence-electron chi connectivity index (χ1n) is 10.0. The number of hydrogen-bond acceptors (Lipinski definition) is 7. The topological polar surface area (TPSA) is 80.1 Å². The van der Waals surface area contributed by atoms with Gasteiger partial charge in [-0.1, -0.05) is 12.1 Å². The lowest BCUT2D eigenvalue weighted by atomic mass is 10.2. The second kappa shape index (κ2) is 8.80. The number of nitriles is 1. The van der Waals surface area contributed by atoms with Gasteiger partial charge in [0.1, 0.15) is 11.9 Å². The number of para-hydroxylation sites is 1. The van der Waals surface area contributed by atoms with Gasteiger partial charge in [-0.05, 0) is 50.4 Å². The van der Waals surface area contributed by atoms with Crippen LogP contribution in [-0.2, 0) is 0 Å². The number of piperazine rings is 1. The predicted octanol–water partition coefficient (Wildman–Crippen LogP) is 3.90. The van der Waals surface area contributed by atoms with Crippen LogP contribution < -0.4 is 15.5 Å². The van der Waals surface area contributed by atoms with Gasteiger partial charge in [0.2, 0.25) is 5.95 Å². The zero-order valence-corrected chi connectivity index (χ0v) is 17.3. The summed E-state index contributed by atoms with van der Waals surface area (Å²) in [6.45, 7) is 6.18. The Labute approximate surface area is 177 Å². The molecule has 2 N–H and O–H groups in total. The molecule has 0 bridgehead atoms. The van der Waals surface area contributed by atoms with E-state index in [0.717, 1.165) is 43.2 Å². The summed E-state index contributed by atoms with van der Waals surface area (Å²) in [5.41, 5.74) is 4.29. The Bertz CT molecular complexity index is 1050. The van der Waals surface area contributed by atoms with Crippen molar-refractivity contribution in [2.45, 2.75) is 6.92 Å². The lowest BCUT2D eigenvalue weighted by Gasteiger charge is -2.34. The van der Waals surface area contributed by atoms with Gasteiger partial charge in [0.15, 0.2) is 0 Å². The maximum atomic E-state index is 9.29. The van der Waals surface area contributed by atoms with Gasteiger partial charge in [0.05, 0.1) is 11.3 Å². The number of likely N-dealkylation sites (N-methyl/N-ethyl adjacent to an activating group) is 1. The summed E-state index contributed by atoms with van der Waals surface area (Å²) >= 11 is 0. The van der Waals surface area contributed by atoms with E-state index >= 15 is 0 Å². The van der Waals surface area contributed by atoms with Crippen molar-refractivity contribution in [1.29, 1.82) is 5.26 Å². The number of rotatable bonds is 5. The standard InChI is InChI=1S/C23H25N7/c1-17-15-22(27-21-6-4-3-5-18(21)16-24)28-23(25-17)26-19-7-9-20(10-8-19)30-13-11-29(2)12-14-30/h3-10,15H,11-14H2,1-2H3,(H2,25,26,27,28). The van der Waals surface area contributed by atoms with E-state index in [0.29, 0.717) is 17.3 Å². The molecule has 0 unspecified atom stereocenters. The van der Waals surface area contributed by atoms with Crippen molar-refractivity contribution in [3.8, 4) is 6.07 Å². The third-order valence-corrected chi connectivity index (χ3v) is 5.16. The van der Waals surface area contributed by atoms with E-state index in [2.05, 4.69) is 67.8 Å². The highest BCUT2D eigenvalue weighted by molar-refractivity contribution is 5.66. The fourth-order valence-corrected chi connectivity index (χ4v) is 3.47. The van der Waals surface area contributed by atoms with E-state index < -0.39 is 0 Å². The van der Waals surface area contributed by atoms with Crippen LogP contribution in [0.3, 0.4) is 0 Å². The molecule has 0 spiro atoms. The number of hydrogen-bond donors (Lipinski definition) is 2. The van der Waals surface area contributed by atoms with Crippen molar-refractivity contribution in [2.75, 3.05) is 48.8 Å². The van der Waals surface area contributed by atoms with Gasteiger partial charge in [-0.2, -0.15) is 10.2 Å². The van der Waals surface area contributed by atoms with Crippen LogP contribution in [0.15, 0.2) is 54.6 Å². The van der Waals surface area contributed by atoms with Crippen molar-refractivity contribution < 1.29 is 0 Å². The van der Waals surface area contributed by atoms with Gasteiger partial charge in [0.25, 0.3) is 0 Å². The first-order valence-corrected chi connectivity index (χ1v) is 10.0. The van der Waals surface area contributed by atoms with E-state index in [4.69, 9.17) is 0 Å². The van der Waals surface area contributed by atoms with Crippen molar-refractivity contribution in [3.05, 3.63) is 65.9 Å². The van der Waals surface area contributed by atoms with Gasteiger partial charge in [-0.25, -0.2) is 4.98 Å². The number of aromatic nitrogens is 2. The highest BCUT2D eigenvalue weighted by Crippen LogP contribution is 2.23. The first-order chi connectivity index (χ1) is 14.6. The second-order valence-electron chi connectivity index (χ2n) is 7.46. The molecular formula is C23H25N7. The highest BCUT2D eigenvalue weighted by atomic mass is 15.2. The smallest absolute Gasteiger partial charge is 0.229 e. The average Bonchev–Trinajstić information content (AvgIpc) is 2.75. The van der Waals surface area contributed by atoms with E-state index in [9.17, 15) is 5.26 Å². The molecule has 0 aliphatic carbocycles. The molecule has 1 aliphatic rings. The summed E-state index contributed by atoms with van der Waals surface area (Å²) in [5, 5.41) is 15.8. The van der Waals surface area contributed by atoms with E-state index in [1.54, 1.807) is 6.07 Å². The molecule has 152 valence electrons. The molecule has 1 fully saturated rings. The maximum absolute atomic E-state index is 9.29. The van der Waals surface area contributed by atoms with Crippen LogP contribution >= 0.6 is 0 Å². The van der Waals surface area contributed by atoms with E-state index in [1.807, 2.05) is 31.2 Å². The minimum atomic E-state index is 0.513. The molecule has 7 heteroatoms. The van der Waals surface area contributed by atoms with Gasteiger partial charge >= 0.3 is 0 Å². The van der Waals surface area contributed by atoms with Crippen molar-refractivity contribution in [1.82, 2.24) is 14.9 Å². The summed E-state index contributed by atoms with van der Waals surface area (Å²) < 4.78 is 0. The zero-order chi connectivity index (χ0) is 20.9. The molecule has 30 heavy (non-hydrogen) atoms. The lowest BCUT2D eigenvalue weighted by molar-refractivity contribution is 0.313. The Morgan fingerprint density at radius 1 is 0.933 bits per heavy atom. The van der Waals surface area contributed by atoms with Crippen molar-refractivity contribution in [3.63, 3.8) is 0 Å². The van der Waals surface area contributed by atoms with Gasteiger partial charge in [0, 0.05) is 49.3 Å². The molecule has 4 rings (SSSR count). The average molecular weight is 400 g/mol. The third-order valence-electron chi connectivity index (χ3n) is 5.16. The molecule has 7 nitrogen and oxygen atoms in total. The number of benzene rings is 2. The summed E-state index contributed by atoms with van der Waals surface area (Å²) in [5.74, 6) is 1.15. The molecule has 0 amide bonds. The molecule has 1 aromatic heterocycles. The molecule has 0 saturated carbocycles. The molecule has 1 aliphatic heterocycles. The molecule has 2 aromatic carbocycles. The Kier molecular flexibility index (Phi) is 5.77. The summed E-state index contributed by atoms with van der Waals surface area (Å²) in [6.07, 6.45) is 0. The SMILES string of the molecule is Cc1cc(Nc2ccccc2C#N)nc(Nc2ccc(N3CCN(C)CC3)cc2)n1. The van der Waals surface area contributed by atoms with Crippen molar-refractivity contribution in [2.24, 2.45) is 0 Å². The Morgan fingerprint density at radius 3 is 2.40 bits per heavy atom. The molecule has 3 aromatic rings. The Balaban J connectivity index is 1.48. The van der Waals surface area contributed by atoms with Crippen LogP contribution in [0.5, 0.6) is 0 Å². The second-order valence-corrected chi connectivity index (χ2v) is 7.46. The minimum Gasteiger partial charge on any atom is -0.369 e. The van der Waals surface area contributed by atoms with Gasteiger partial charge < -0.3 is 20.4 Å². The first kappa shape index (κ1) is 19.7. The monoisotopic (exact) mass is 399 g/mol. The fraction of sp³-hybridized carbons (Fsp3) is 0.261. The van der Waals surface area contributed by atoms with E-state index in [-0.39, 0.29) is 0 Å². The van der Waals surface area contributed by atoms with Crippen LogP contribution in [0.25, 0.3) is 0 Å². The van der Waals surface area contributed by atoms with Crippen LogP contribution in [-0.4, -0.2) is 48.1 Å². The van der Waals surface area contributed by atoms with Gasteiger partial charge in [-0.15, -0.1) is 0 Å². The normalized spacial score (nSPS) is 14.2. The molecule has 0 radical (unpaired) electrons. The Morgan fingerprint density at radius 2 is 1.67 bits per heavy atom. The lowest BCUT2D eigenvalue weighted by Crippen LogP contribution is -2.44. The molecular weight excluding hydrogens is 374 g/mol. The Hall–Kier alpha value is -3.63. The van der Waals surface area contributed by atoms with Crippen LogP contribution in [0.2, 0.25) is 0 Å². The minimum absolute atomic E-state index is 0.513. The fourth-order valence-electron chi connectivity index (χ4n) is 3.47. The van der Waals surface area contributed by atoms with Crippen LogP contribution in [0.1, 0.15) is 11.3 Å². The quantitative estimate of drug-likeness (QED) is 0.673. The number of aryl methyl sites for hydroxylation is 1. The van der Waals surface area contributed by atoms with Crippen LogP contribution in [0.4, 0.5) is 28.8 Å². The molecule has 1 saturated heterocycles. The molecule has 0 atom stereocenters. The van der Waals surface area contributed by atoms with Crippen LogP contribution in [0, 0.1) is 18.3 Å². The predicted molar refractivity (Wildman–Crippen MR) is 121 cm³/mol. The van der Waals surface area contributed by atoms with Crippen molar-refractivity contribution >= 4 is 28.8 Å². The number of nitrogens with zero attached hydrogens (tertiary/aromatic N) is 5. The number of nitrogens with one attached hydrogen (secondary N) is 2. The molecule has 2 heterocycles. The highest BCUT2D eigenvalue weighted by Gasteiger charge is 2.14. The summed E-state index contributed by atoms with van der Waals surface area (Å²) in [4.78, 5) is 13.8. The third kappa shape index (κ3) is 4.67.